The van der Waals surface area contributed by atoms with Gasteiger partial charge in [0.05, 0.1) is 17.2 Å². The zero-order valence-corrected chi connectivity index (χ0v) is 15.4. The minimum atomic E-state index is 0.769. The van der Waals surface area contributed by atoms with Crippen molar-refractivity contribution in [2.75, 3.05) is 32.5 Å². The fraction of sp³-hybridized carbons (Fsp3) is 0.471. The first-order valence-corrected chi connectivity index (χ1v) is 9.04. The Labute approximate surface area is 148 Å². The number of pyridine rings is 1. The average Bonchev–Trinajstić information content (AvgIpc) is 3.00. The van der Waals surface area contributed by atoms with Crippen molar-refractivity contribution in [3.63, 3.8) is 0 Å². The molecule has 0 amide bonds. The second-order valence-electron chi connectivity index (χ2n) is 5.54. The number of hydrogen-bond donors (Lipinski definition) is 2. The number of aliphatic imine (C=N–C) groups is 1. The topological polar surface area (TPSA) is 65.4 Å². The van der Waals surface area contributed by atoms with E-state index >= 15 is 0 Å². The standard InChI is InChI=1S/C17H26N6S/c1-14-22-15(13-24-14)12-23(3)17(18-2)21-11-7-6-10-20-16-8-4-5-9-19-16/h4-5,8-9,13H,6-7,10-12H2,1-3H3,(H,18,21)(H,19,20). The molecule has 0 saturated heterocycles. The van der Waals surface area contributed by atoms with Gasteiger partial charge >= 0.3 is 0 Å². The quantitative estimate of drug-likeness (QED) is 0.437. The maximum absolute atomic E-state index is 4.50. The molecule has 0 radical (unpaired) electrons. The van der Waals surface area contributed by atoms with Crippen LogP contribution in [0.4, 0.5) is 5.82 Å². The van der Waals surface area contributed by atoms with Crippen LogP contribution in [0.1, 0.15) is 23.5 Å². The molecule has 2 rings (SSSR count). The highest BCUT2D eigenvalue weighted by atomic mass is 32.1. The molecule has 130 valence electrons. The third-order valence-electron chi connectivity index (χ3n) is 3.50. The Kier molecular flexibility index (Phi) is 7.48. The molecule has 7 heteroatoms. The summed E-state index contributed by atoms with van der Waals surface area (Å²) >= 11 is 1.68. The van der Waals surface area contributed by atoms with Crippen LogP contribution in [0, 0.1) is 6.92 Å². The molecular formula is C17H26N6S. The summed E-state index contributed by atoms with van der Waals surface area (Å²) in [6.07, 6.45) is 3.95. The van der Waals surface area contributed by atoms with Crippen LogP contribution >= 0.6 is 11.3 Å². The summed E-state index contributed by atoms with van der Waals surface area (Å²) in [7, 11) is 3.85. The van der Waals surface area contributed by atoms with Crippen LogP contribution in [-0.2, 0) is 6.54 Å². The van der Waals surface area contributed by atoms with Crippen LogP contribution in [-0.4, -0.2) is 48.0 Å². The van der Waals surface area contributed by atoms with E-state index in [-0.39, 0.29) is 0 Å². The maximum atomic E-state index is 4.50. The van der Waals surface area contributed by atoms with Gasteiger partial charge in [-0.05, 0) is 31.9 Å². The number of aromatic nitrogens is 2. The van der Waals surface area contributed by atoms with E-state index in [4.69, 9.17) is 0 Å². The molecule has 0 bridgehead atoms. The van der Waals surface area contributed by atoms with E-state index in [1.165, 1.54) is 0 Å². The highest BCUT2D eigenvalue weighted by molar-refractivity contribution is 7.09. The summed E-state index contributed by atoms with van der Waals surface area (Å²) in [6, 6.07) is 5.89. The molecule has 2 N–H and O–H groups in total. The number of nitrogens with zero attached hydrogens (tertiary/aromatic N) is 4. The van der Waals surface area contributed by atoms with E-state index in [1.54, 1.807) is 17.5 Å². The van der Waals surface area contributed by atoms with Crippen molar-refractivity contribution in [1.29, 1.82) is 0 Å². The Morgan fingerprint density at radius 3 is 2.79 bits per heavy atom. The van der Waals surface area contributed by atoms with Crippen molar-refractivity contribution in [3.8, 4) is 0 Å². The smallest absolute Gasteiger partial charge is 0.193 e. The molecule has 0 spiro atoms. The predicted octanol–water partition coefficient (Wildman–Crippen LogP) is 2.75. The lowest BCUT2D eigenvalue weighted by atomic mass is 10.3. The van der Waals surface area contributed by atoms with Gasteiger partial charge in [-0.15, -0.1) is 11.3 Å². The van der Waals surface area contributed by atoms with E-state index in [9.17, 15) is 0 Å². The summed E-state index contributed by atoms with van der Waals surface area (Å²) in [6.45, 7) is 4.62. The van der Waals surface area contributed by atoms with Gasteiger partial charge in [-0.3, -0.25) is 4.99 Å². The van der Waals surface area contributed by atoms with E-state index in [0.29, 0.717) is 0 Å². The van der Waals surface area contributed by atoms with E-state index in [2.05, 4.69) is 35.9 Å². The molecule has 2 aromatic heterocycles. The normalized spacial score (nSPS) is 11.4. The maximum Gasteiger partial charge on any atom is 0.193 e. The number of unbranched alkanes of at least 4 members (excludes halogenated alkanes) is 1. The van der Waals surface area contributed by atoms with Crippen molar-refractivity contribution in [3.05, 3.63) is 40.5 Å². The van der Waals surface area contributed by atoms with Gasteiger partial charge in [-0.1, -0.05) is 6.07 Å². The Morgan fingerprint density at radius 2 is 2.12 bits per heavy atom. The molecule has 0 saturated carbocycles. The fourth-order valence-corrected chi connectivity index (χ4v) is 2.92. The number of aryl methyl sites for hydroxylation is 1. The van der Waals surface area contributed by atoms with Crippen molar-refractivity contribution >= 4 is 23.1 Å². The fourth-order valence-electron chi connectivity index (χ4n) is 2.32. The van der Waals surface area contributed by atoms with E-state index in [1.807, 2.05) is 39.2 Å². The first kappa shape index (κ1) is 18.2. The molecule has 2 aromatic rings. The average molecular weight is 347 g/mol. The molecule has 0 aliphatic carbocycles. The SMILES string of the molecule is CN=C(NCCCCNc1ccccn1)N(C)Cc1csc(C)n1. The molecule has 0 unspecified atom stereocenters. The largest absolute Gasteiger partial charge is 0.370 e. The number of thiazole rings is 1. The molecule has 0 aliphatic heterocycles. The van der Waals surface area contributed by atoms with Crippen LogP contribution in [0.5, 0.6) is 0 Å². The van der Waals surface area contributed by atoms with Crippen LogP contribution < -0.4 is 10.6 Å². The number of guanidine groups is 1. The number of hydrogen-bond acceptors (Lipinski definition) is 5. The molecular weight excluding hydrogens is 320 g/mol. The van der Waals surface area contributed by atoms with Crippen molar-refractivity contribution in [2.45, 2.75) is 26.3 Å². The number of rotatable bonds is 8. The van der Waals surface area contributed by atoms with Gasteiger partial charge in [-0.25, -0.2) is 9.97 Å². The molecule has 0 aliphatic rings. The monoisotopic (exact) mass is 346 g/mol. The Balaban J connectivity index is 1.62. The second-order valence-corrected chi connectivity index (χ2v) is 6.60. The third-order valence-corrected chi connectivity index (χ3v) is 4.32. The van der Waals surface area contributed by atoms with Crippen molar-refractivity contribution in [2.24, 2.45) is 4.99 Å². The van der Waals surface area contributed by atoms with Gasteiger partial charge in [0.2, 0.25) is 0 Å². The summed E-state index contributed by atoms with van der Waals surface area (Å²) < 4.78 is 0. The highest BCUT2D eigenvalue weighted by Crippen LogP contribution is 2.09. The molecule has 0 fully saturated rings. The first-order valence-electron chi connectivity index (χ1n) is 8.16. The van der Waals surface area contributed by atoms with Crippen molar-refractivity contribution in [1.82, 2.24) is 20.2 Å². The van der Waals surface area contributed by atoms with Gasteiger partial charge in [0.1, 0.15) is 5.82 Å². The van der Waals surface area contributed by atoms with Crippen LogP contribution in [0.3, 0.4) is 0 Å². The predicted molar refractivity (Wildman–Crippen MR) is 102 cm³/mol. The third kappa shape index (κ3) is 6.16. The van der Waals surface area contributed by atoms with Gasteiger partial charge < -0.3 is 15.5 Å². The molecule has 2 heterocycles. The summed E-state index contributed by atoms with van der Waals surface area (Å²) in [4.78, 5) is 15.2. The van der Waals surface area contributed by atoms with E-state index < -0.39 is 0 Å². The summed E-state index contributed by atoms with van der Waals surface area (Å²) in [5, 5.41) is 9.92. The minimum absolute atomic E-state index is 0.769. The zero-order valence-electron chi connectivity index (χ0n) is 14.6. The Hall–Kier alpha value is -2.15. The molecule has 0 aromatic carbocycles. The van der Waals surface area contributed by atoms with Crippen LogP contribution in [0.15, 0.2) is 34.8 Å². The highest BCUT2D eigenvalue weighted by Gasteiger charge is 2.08. The zero-order chi connectivity index (χ0) is 17.2. The van der Waals surface area contributed by atoms with Gasteiger partial charge in [-0.2, -0.15) is 0 Å². The molecule has 24 heavy (non-hydrogen) atoms. The summed E-state index contributed by atoms with van der Waals surface area (Å²) in [5.41, 5.74) is 1.09. The first-order chi connectivity index (χ1) is 11.7. The Morgan fingerprint density at radius 1 is 1.29 bits per heavy atom. The number of nitrogens with one attached hydrogen (secondary N) is 2. The summed E-state index contributed by atoms with van der Waals surface area (Å²) in [5.74, 6) is 1.83. The lowest BCUT2D eigenvalue weighted by Crippen LogP contribution is -2.39. The van der Waals surface area contributed by atoms with Crippen molar-refractivity contribution < 1.29 is 0 Å². The lowest BCUT2D eigenvalue weighted by Gasteiger charge is -2.21. The van der Waals surface area contributed by atoms with Crippen LogP contribution in [0.25, 0.3) is 0 Å². The van der Waals surface area contributed by atoms with Gasteiger partial charge in [0.25, 0.3) is 0 Å². The lowest BCUT2D eigenvalue weighted by molar-refractivity contribution is 0.469. The Bertz CT molecular complexity index is 625. The molecule has 0 atom stereocenters. The second kappa shape index (κ2) is 9.87. The van der Waals surface area contributed by atoms with Gasteiger partial charge in [0.15, 0.2) is 5.96 Å². The molecule has 6 nitrogen and oxygen atoms in total. The van der Waals surface area contributed by atoms with Crippen LogP contribution in [0.2, 0.25) is 0 Å². The van der Waals surface area contributed by atoms with Gasteiger partial charge in [0, 0.05) is 38.8 Å². The minimum Gasteiger partial charge on any atom is -0.370 e. The van der Waals surface area contributed by atoms with E-state index in [0.717, 1.165) is 55.0 Å². The number of anilines is 1.